The summed E-state index contributed by atoms with van der Waals surface area (Å²) in [7, 11) is -3.50. The third-order valence-electron chi connectivity index (χ3n) is 3.04. The zero-order valence-electron chi connectivity index (χ0n) is 10.8. The van der Waals surface area contributed by atoms with Gasteiger partial charge in [0.25, 0.3) is 0 Å². The van der Waals surface area contributed by atoms with Gasteiger partial charge in [0.2, 0.25) is 5.91 Å². The summed E-state index contributed by atoms with van der Waals surface area (Å²) in [6.07, 6.45) is 0. The van der Waals surface area contributed by atoms with E-state index in [0.29, 0.717) is 18.7 Å². The molecule has 0 spiro atoms. The van der Waals surface area contributed by atoms with Crippen molar-refractivity contribution in [1.29, 1.82) is 5.26 Å². The summed E-state index contributed by atoms with van der Waals surface area (Å²) in [5.74, 6) is -0.356. The van der Waals surface area contributed by atoms with E-state index in [0.717, 1.165) is 0 Å². The molecule has 2 rings (SSSR count). The van der Waals surface area contributed by atoms with Crippen LogP contribution in [-0.2, 0) is 19.4 Å². The van der Waals surface area contributed by atoms with E-state index in [2.05, 4.69) is 0 Å². The summed E-state index contributed by atoms with van der Waals surface area (Å²) in [4.78, 5) is 13.1. The number of ether oxygens (including phenoxy) is 1. The number of nitriles is 1. The molecule has 0 aliphatic carbocycles. The minimum atomic E-state index is -3.50. The van der Waals surface area contributed by atoms with Gasteiger partial charge in [-0.15, -0.1) is 0 Å². The van der Waals surface area contributed by atoms with E-state index >= 15 is 0 Å². The Hall–Kier alpha value is -1.91. The first-order valence-electron chi connectivity index (χ1n) is 6.11. The van der Waals surface area contributed by atoms with E-state index in [1.54, 1.807) is 6.07 Å². The fraction of sp³-hybridized carbons (Fsp3) is 0.385. The van der Waals surface area contributed by atoms with Crippen molar-refractivity contribution in [1.82, 2.24) is 4.90 Å². The number of morpholine rings is 1. The largest absolute Gasteiger partial charge is 0.370 e. The van der Waals surface area contributed by atoms with Crippen LogP contribution in [0.15, 0.2) is 29.2 Å². The van der Waals surface area contributed by atoms with Crippen LogP contribution < -0.4 is 0 Å². The summed E-state index contributed by atoms with van der Waals surface area (Å²) >= 11 is 0. The molecule has 1 fully saturated rings. The van der Waals surface area contributed by atoms with E-state index < -0.39 is 9.84 Å². The van der Waals surface area contributed by atoms with Crippen LogP contribution in [-0.4, -0.2) is 51.3 Å². The minimum absolute atomic E-state index is 0.00393. The molecule has 1 aliphatic rings. The summed E-state index contributed by atoms with van der Waals surface area (Å²) in [6.45, 7) is 0.980. The van der Waals surface area contributed by atoms with Gasteiger partial charge < -0.3 is 9.64 Å². The smallest absolute Gasteiger partial charge is 0.248 e. The Morgan fingerprint density at radius 2 is 2.20 bits per heavy atom. The molecule has 0 radical (unpaired) electrons. The second-order valence-electron chi connectivity index (χ2n) is 4.39. The highest BCUT2D eigenvalue weighted by Crippen LogP contribution is 2.13. The Labute approximate surface area is 117 Å². The number of benzene rings is 1. The van der Waals surface area contributed by atoms with Gasteiger partial charge in [0.05, 0.1) is 28.9 Å². The van der Waals surface area contributed by atoms with Crippen molar-refractivity contribution in [3.8, 4) is 6.07 Å². The molecule has 7 heteroatoms. The molecule has 106 valence electrons. The Morgan fingerprint density at radius 3 is 2.90 bits per heavy atom. The van der Waals surface area contributed by atoms with E-state index in [1.807, 2.05) is 6.07 Å². The first-order valence-corrected chi connectivity index (χ1v) is 7.76. The van der Waals surface area contributed by atoms with Crippen molar-refractivity contribution in [2.45, 2.75) is 4.90 Å². The van der Waals surface area contributed by atoms with Gasteiger partial charge in [0, 0.05) is 13.1 Å². The highest BCUT2D eigenvalue weighted by molar-refractivity contribution is 7.91. The van der Waals surface area contributed by atoms with Crippen molar-refractivity contribution in [3.63, 3.8) is 0 Å². The lowest BCUT2D eigenvalue weighted by Crippen LogP contribution is -2.43. The van der Waals surface area contributed by atoms with Crippen LogP contribution in [0.25, 0.3) is 0 Å². The number of hydrogen-bond acceptors (Lipinski definition) is 5. The Balaban J connectivity index is 2.07. The molecule has 1 heterocycles. The van der Waals surface area contributed by atoms with Gasteiger partial charge in [0.15, 0.2) is 9.84 Å². The standard InChI is InChI=1S/C13H14N2O4S/c14-9-11-2-1-3-12(8-11)20(17,18)7-5-15-4-6-19-10-13(15)16/h1-3,8H,4-7,10H2. The first-order chi connectivity index (χ1) is 9.53. The van der Waals surface area contributed by atoms with Gasteiger partial charge >= 0.3 is 0 Å². The predicted molar refractivity (Wildman–Crippen MR) is 70.6 cm³/mol. The SMILES string of the molecule is N#Cc1cccc(S(=O)(=O)CCN2CCOCC2=O)c1. The Bertz CT molecular complexity index is 649. The monoisotopic (exact) mass is 294 g/mol. The maximum atomic E-state index is 12.2. The van der Waals surface area contributed by atoms with Crippen molar-refractivity contribution in [2.75, 3.05) is 32.1 Å². The predicted octanol–water partition coefficient (Wildman–Crippen LogP) is 0.191. The maximum absolute atomic E-state index is 12.2. The molecule has 6 nitrogen and oxygen atoms in total. The van der Waals surface area contributed by atoms with Gasteiger partial charge in [-0.1, -0.05) is 6.07 Å². The van der Waals surface area contributed by atoms with Crippen LogP contribution in [0.4, 0.5) is 0 Å². The molecule has 1 saturated heterocycles. The average molecular weight is 294 g/mol. The van der Waals surface area contributed by atoms with Gasteiger partial charge in [-0.3, -0.25) is 4.79 Å². The minimum Gasteiger partial charge on any atom is -0.370 e. The number of amides is 1. The maximum Gasteiger partial charge on any atom is 0.248 e. The number of carbonyl (C=O) groups excluding carboxylic acids is 1. The summed E-state index contributed by atoms with van der Waals surface area (Å²) in [6, 6.07) is 7.79. The van der Waals surface area contributed by atoms with Crippen LogP contribution in [0.2, 0.25) is 0 Å². The second-order valence-corrected chi connectivity index (χ2v) is 6.50. The lowest BCUT2D eigenvalue weighted by molar-refractivity contribution is -0.142. The van der Waals surface area contributed by atoms with Gasteiger partial charge in [-0.2, -0.15) is 5.26 Å². The van der Waals surface area contributed by atoms with Crippen molar-refractivity contribution in [2.24, 2.45) is 0 Å². The van der Waals surface area contributed by atoms with Crippen LogP contribution >= 0.6 is 0 Å². The van der Waals surface area contributed by atoms with Crippen LogP contribution in [0, 0.1) is 11.3 Å². The molecule has 0 N–H and O–H groups in total. The highest BCUT2D eigenvalue weighted by atomic mass is 32.2. The molecule has 0 unspecified atom stereocenters. The fourth-order valence-corrected chi connectivity index (χ4v) is 3.18. The Morgan fingerprint density at radius 1 is 1.40 bits per heavy atom. The number of rotatable bonds is 4. The third-order valence-corrected chi connectivity index (χ3v) is 4.73. The number of carbonyl (C=O) groups is 1. The normalized spacial score (nSPS) is 15.9. The molecule has 1 aliphatic heterocycles. The van der Waals surface area contributed by atoms with Crippen molar-refractivity contribution in [3.05, 3.63) is 29.8 Å². The summed E-state index contributed by atoms with van der Waals surface area (Å²) < 4.78 is 29.3. The molecule has 0 atom stereocenters. The topological polar surface area (TPSA) is 87.5 Å². The molecule has 0 bridgehead atoms. The third kappa shape index (κ3) is 3.35. The average Bonchev–Trinajstić information content (AvgIpc) is 2.46. The van der Waals surface area contributed by atoms with E-state index in [9.17, 15) is 13.2 Å². The number of sulfone groups is 1. The lowest BCUT2D eigenvalue weighted by Gasteiger charge is -2.26. The molecule has 0 saturated carbocycles. The van der Waals surface area contributed by atoms with Gasteiger partial charge in [-0.25, -0.2) is 8.42 Å². The van der Waals surface area contributed by atoms with Crippen LogP contribution in [0.5, 0.6) is 0 Å². The number of hydrogen-bond donors (Lipinski definition) is 0. The molecule has 0 aromatic heterocycles. The first kappa shape index (κ1) is 14.5. The highest BCUT2D eigenvalue weighted by Gasteiger charge is 2.22. The zero-order chi connectivity index (χ0) is 14.6. The molecule has 20 heavy (non-hydrogen) atoms. The quantitative estimate of drug-likeness (QED) is 0.791. The van der Waals surface area contributed by atoms with E-state index in [4.69, 9.17) is 10.00 Å². The second kappa shape index (κ2) is 6.03. The summed E-state index contributed by atoms with van der Waals surface area (Å²) in [5, 5.41) is 8.78. The molecular weight excluding hydrogens is 280 g/mol. The number of nitrogens with zero attached hydrogens (tertiary/aromatic N) is 2. The summed E-state index contributed by atoms with van der Waals surface area (Å²) in [5.41, 5.74) is 0.300. The van der Waals surface area contributed by atoms with Crippen LogP contribution in [0.3, 0.4) is 0 Å². The van der Waals surface area contributed by atoms with Crippen molar-refractivity contribution < 1.29 is 17.9 Å². The fourth-order valence-electron chi connectivity index (χ4n) is 1.89. The van der Waals surface area contributed by atoms with Gasteiger partial charge in [-0.05, 0) is 18.2 Å². The molecule has 1 aromatic carbocycles. The zero-order valence-corrected chi connectivity index (χ0v) is 11.6. The molecule has 1 aromatic rings. The van der Waals surface area contributed by atoms with Crippen molar-refractivity contribution >= 4 is 15.7 Å². The molecule has 1 amide bonds. The van der Waals surface area contributed by atoms with E-state index in [1.165, 1.54) is 23.1 Å². The lowest BCUT2D eigenvalue weighted by atomic mass is 10.2. The van der Waals surface area contributed by atoms with Crippen LogP contribution in [0.1, 0.15) is 5.56 Å². The van der Waals surface area contributed by atoms with E-state index in [-0.39, 0.29) is 29.7 Å². The Kier molecular flexibility index (Phi) is 4.37. The molecular formula is C13H14N2O4S. The van der Waals surface area contributed by atoms with Gasteiger partial charge in [0.1, 0.15) is 6.61 Å².